The minimum Gasteiger partial charge on any atom is -0.456 e. The highest BCUT2D eigenvalue weighted by atomic mass is 16.3. The number of furan rings is 1. The van der Waals surface area contributed by atoms with Crippen molar-refractivity contribution in [3.8, 4) is 22.3 Å². The molecule has 10 aromatic carbocycles. The van der Waals surface area contributed by atoms with E-state index in [0.717, 1.165) is 44.4 Å². The molecular formula is C52H33NO. The minimum atomic E-state index is 0.889. The van der Waals surface area contributed by atoms with Crippen molar-refractivity contribution in [3.63, 3.8) is 0 Å². The second-order valence-corrected chi connectivity index (χ2v) is 14.1. The molecule has 0 aliphatic carbocycles. The Hall–Kier alpha value is -7.16. The molecule has 0 amide bonds. The van der Waals surface area contributed by atoms with E-state index in [1.54, 1.807) is 0 Å². The molecule has 1 heterocycles. The van der Waals surface area contributed by atoms with Crippen molar-refractivity contribution in [2.75, 3.05) is 4.90 Å². The Labute approximate surface area is 312 Å². The van der Waals surface area contributed by atoms with Crippen LogP contribution in [0.25, 0.3) is 87.3 Å². The maximum absolute atomic E-state index is 6.42. The molecule has 11 rings (SSSR count). The van der Waals surface area contributed by atoms with Crippen LogP contribution in [0.4, 0.5) is 17.1 Å². The van der Waals surface area contributed by atoms with Crippen LogP contribution in [0.3, 0.4) is 0 Å². The summed E-state index contributed by atoms with van der Waals surface area (Å²) < 4.78 is 6.42. The highest BCUT2D eigenvalue weighted by Crippen LogP contribution is 2.44. The van der Waals surface area contributed by atoms with Gasteiger partial charge in [0.25, 0.3) is 0 Å². The van der Waals surface area contributed by atoms with Crippen LogP contribution < -0.4 is 4.90 Å². The zero-order valence-corrected chi connectivity index (χ0v) is 29.4. The van der Waals surface area contributed by atoms with Crippen LogP contribution in [0, 0.1) is 0 Å². The predicted octanol–water partition coefficient (Wildman–Crippen LogP) is 15.0. The molecule has 0 unspecified atom stereocenters. The predicted molar refractivity (Wildman–Crippen MR) is 229 cm³/mol. The summed E-state index contributed by atoms with van der Waals surface area (Å²) in [5.41, 5.74) is 9.83. The first-order valence-corrected chi connectivity index (χ1v) is 18.5. The van der Waals surface area contributed by atoms with Gasteiger partial charge in [0, 0.05) is 27.5 Å². The molecule has 54 heavy (non-hydrogen) atoms. The highest BCUT2D eigenvalue weighted by Gasteiger charge is 2.19. The van der Waals surface area contributed by atoms with Gasteiger partial charge >= 0.3 is 0 Å². The Kier molecular flexibility index (Phi) is 6.90. The summed E-state index contributed by atoms with van der Waals surface area (Å²) in [4.78, 5) is 2.39. The van der Waals surface area contributed by atoms with Crippen LogP contribution >= 0.6 is 0 Å². The average Bonchev–Trinajstić information content (AvgIpc) is 3.61. The first-order chi connectivity index (χ1) is 26.8. The van der Waals surface area contributed by atoms with Gasteiger partial charge in [-0.3, -0.25) is 0 Å². The standard InChI is InChI=1S/C52H33NO/c1-2-12-34(13-3-1)37-15-10-17-41(30-37)53(49-22-11-16-38-31-48-44-20-8-9-23-50(44)54-51(48)33-47(38)49)40-28-26-36(27-29-40)46-32-39-25-24-35-14-4-5-18-42(35)52(39)45-21-7-6-19-43(45)46/h1-33H. The van der Waals surface area contributed by atoms with E-state index in [4.69, 9.17) is 4.42 Å². The van der Waals surface area contributed by atoms with Gasteiger partial charge in [0.2, 0.25) is 0 Å². The Morgan fingerprint density at radius 1 is 0.315 bits per heavy atom. The first-order valence-electron chi connectivity index (χ1n) is 18.5. The molecule has 0 fully saturated rings. The van der Waals surface area contributed by atoms with Crippen LogP contribution in [-0.2, 0) is 0 Å². The fourth-order valence-electron chi connectivity index (χ4n) is 8.47. The van der Waals surface area contributed by atoms with E-state index in [9.17, 15) is 0 Å². The number of hydrogen-bond acceptors (Lipinski definition) is 2. The Balaban J connectivity index is 1.10. The molecule has 2 nitrogen and oxygen atoms in total. The average molecular weight is 688 g/mol. The normalized spacial score (nSPS) is 11.7. The molecule has 0 aliphatic rings. The zero-order chi connectivity index (χ0) is 35.6. The molecule has 0 aliphatic heterocycles. The maximum atomic E-state index is 6.42. The van der Waals surface area contributed by atoms with Crippen LogP contribution in [0.1, 0.15) is 0 Å². The van der Waals surface area contributed by atoms with Crippen molar-refractivity contribution in [1.82, 2.24) is 0 Å². The highest BCUT2D eigenvalue weighted by molar-refractivity contribution is 6.23. The van der Waals surface area contributed by atoms with Crippen LogP contribution in [0.2, 0.25) is 0 Å². The van der Waals surface area contributed by atoms with Crippen LogP contribution in [0.5, 0.6) is 0 Å². The molecule has 0 atom stereocenters. The number of para-hydroxylation sites is 1. The number of nitrogens with zero attached hydrogens (tertiary/aromatic N) is 1. The van der Waals surface area contributed by atoms with Gasteiger partial charge in [-0.2, -0.15) is 0 Å². The second-order valence-electron chi connectivity index (χ2n) is 14.1. The van der Waals surface area contributed by atoms with Crippen molar-refractivity contribution >= 4 is 82.1 Å². The van der Waals surface area contributed by atoms with Crippen LogP contribution in [0.15, 0.2) is 205 Å². The molecule has 0 radical (unpaired) electrons. The third kappa shape index (κ3) is 4.88. The lowest BCUT2D eigenvalue weighted by atomic mass is 9.90. The number of anilines is 3. The molecule has 11 aromatic rings. The van der Waals surface area contributed by atoms with Gasteiger partial charge in [0.1, 0.15) is 11.2 Å². The third-order valence-corrected chi connectivity index (χ3v) is 11.0. The summed E-state index contributed by atoms with van der Waals surface area (Å²) in [7, 11) is 0. The quantitative estimate of drug-likeness (QED) is 0.168. The maximum Gasteiger partial charge on any atom is 0.136 e. The van der Waals surface area contributed by atoms with E-state index in [-0.39, 0.29) is 0 Å². The van der Waals surface area contributed by atoms with E-state index in [0.29, 0.717) is 0 Å². The molecule has 0 saturated carbocycles. The van der Waals surface area contributed by atoms with Gasteiger partial charge in [-0.1, -0.05) is 146 Å². The molecule has 0 saturated heterocycles. The molecule has 1 aromatic heterocycles. The molecule has 2 heteroatoms. The van der Waals surface area contributed by atoms with Crippen molar-refractivity contribution in [3.05, 3.63) is 200 Å². The summed E-state index contributed by atoms with van der Waals surface area (Å²) in [5.74, 6) is 0. The molecule has 252 valence electrons. The number of hydrogen-bond donors (Lipinski definition) is 0. The first kappa shape index (κ1) is 30.5. The van der Waals surface area contributed by atoms with Crippen molar-refractivity contribution in [2.45, 2.75) is 0 Å². The molecule has 0 spiro atoms. The van der Waals surface area contributed by atoms with Gasteiger partial charge in [-0.25, -0.2) is 0 Å². The van der Waals surface area contributed by atoms with Crippen molar-refractivity contribution < 1.29 is 4.42 Å². The summed E-state index contributed by atoms with van der Waals surface area (Å²) in [5, 5.41) is 12.2. The molecule has 0 bridgehead atoms. The van der Waals surface area contributed by atoms with Gasteiger partial charge in [-0.05, 0) is 115 Å². The fourth-order valence-corrected chi connectivity index (χ4v) is 8.47. The van der Waals surface area contributed by atoms with E-state index >= 15 is 0 Å². The van der Waals surface area contributed by atoms with Gasteiger partial charge in [0.15, 0.2) is 0 Å². The number of rotatable bonds is 5. The third-order valence-electron chi connectivity index (χ3n) is 11.0. The van der Waals surface area contributed by atoms with Crippen LogP contribution in [-0.4, -0.2) is 0 Å². The zero-order valence-electron chi connectivity index (χ0n) is 29.4. The smallest absolute Gasteiger partial charge is 0.136 e. The lowest BCUT2D eigenvalue weighted by molar-refractivity contribution is 0.669. The van der Waals surface area contributed by atoms with Crippen molar-refractivity contribution in [1.29, 1.82) is 0 Å². The molecular weight excluding hydrogens is 655 g/mol. The fraction of sp³-hybridized carbons (Fsp3) is 0. The number of benzene rings is 10. The summed E-state index contributed by atoms with van der Waals surface area (Å²) >= 11 is 0. The lowest BCUT2D eigenvalue weighted by Crippen LogP contribution is -2.10. The van der Waals surface area contributed by atoms with E-state index in [2.05, 4.69) is 193 Å². The Bertz CT molecular complexity index is 3210. The monoisotopic (exact) mass is 687 g/mol. The lowest BCUT2D eigenvalue weighted by Gasteiger charge is -2.27. The number of fused-ring (bicyclic) bond motifs is 9. The second kappa shape index (κ2) is 12.2. The SMILES string of the molecule is c1ccc(-c2cccc(N(c3ccc(-c4cc5ccc6ccccc6c5c5ccccc45)cc3)c3cccc4cc5c(cc34)oc3ccccc35)c2)cc1. The summed E-state index contributed by atoms with van der Waals surface area (Å²) in [6.45, 7) is 0. The van der Waals surface area contributed by atoms with E-state index in [1.807, 2.05) is 12.1 Å². The largest absolute Gasteiger partial charge is 0.456 e. The van der Waals surface area contributed by atoms with Gasteiger partial charge in [-0.15, -0.1) is 0 Å². The van der Waals surface area contributed by atoms with E-state index < -0.39 is 0 Å². The van der Waals surface area contributed by atoms with Crippen molar-refractivity contribution in [2.24, 2.45) is 0 Å². The summed E-state index contributed by atoms with van der Waals surface area (Å²) in [6.07, 6.45) is 0. The molecule has 0 N–H and O–H groups in total. The van der Waals surface area contributed by atoms with E-state index in [1.165, 1.54) is 60.0 Å². The summed E-state index contributed by atoms with van der Waals surface area (Å²) in [6, 6.07) is 72.3. The van der Waals surface area contributed by atoms with Gasteiger partial charge in [0.05, 0.1) is 5.69 Å². The Morgan fingerprint density at radius 3 is 1.87 bits per heavy atom. The topological polar surface area (TPSA) is 16.4 Å². The van der Waals surface area contributed by atoms with Gasteiger partial charge < -0.3 is 9.32 Å². The Morgan fingerprint density at radius 2 is 1.00 bits per heavy atom. The minimum absolute atomic E-state index is 0.889.